The normalized spacial score (nSPS) is 16.6. The Morgan fingerprint density at radius 2 is 1.76 bits per heavy atom. The Bertz CT molecular complexity index is 331. The summed E-state index contributed by atoms with van der Waals surface area (Å²) >= 11 is 1.87. The molecule has 3 N–H and O–H groups in total. The molecule has 2 amide bonds. The Hall–Kier alpha value is -0.910. The van der Waals surface area contributed by atoms with Gasteiger partial charge in [0.25, 0.3) is 0 Å². The lowest BCUT2D eigenvalue weighted by atomic mass is 10.1. The molecule has 1 aliphatic rings. The minimum Gasteiger partial charge on any atom is -0.481 e. The van der Waals surface area contributed by atoms with Crippen LogP contribution in [0.25, 0.3) is 0 Å². The van der Waals surface area contributed by atoms with Crippen LogP contribution >= 0.6 is 11.8 Å². The van der Waals surface area contributed by atoms with Crippen LogP contribution in [-0.4, -0.2) is 41.2 Å². The molecule has 1 rings (SSSR count). The van der Waals surface area contributed by atoms with Gasteiger partial charge in [-0.25, -0.2) is 4.79 Å². The molecule has 0 unspecified atom stereocenters. The lowest BCUT2D eigenvalue weighted by molar-refractivity contribution is -0.137. The number of carbonyl (C=O) groups excluding carboxylic acids is 1. The van der Waals surface area contributed by atoms with Crippen LogP contribution in [0.4, 0.5) is 4.79 Å². The van der Waals surface area contributed by atoms with E-state index in [1.54, 1.807) is 0 Å². The Kier molecular flexibility index (Phi) is 8.57. The lowest BCUT2D eigenvalue weighted by Crippen LogP contribution is -2.43. The van der Waals surface area contributed by atoms with E-state index >= 15 is 0 Å². The summed E-state index contributed by atoms with van der Waals surface area (Å²) in [5, 5.41) is 14.4. The number of carbonyl (C=O) groups is 2. The molecule has 0 spiro atoms. The van der Waals surface area contributed by atoms with Gasteiger partial charge in [-0.1, -0.05) is 25.7 Å². The fourth-order valence-corrected chi connectivity index (χ4v) is 3.65. The van der Waals surface area contributed by atoms with E-state index in [4.69, 9.17) is 5.11 Å². The van der Waals surface area contributed by atoms with Gasteiger partial charge in [0.05, 0.1) is 0 Å². The number of amides is 2. The van der Waals surface area contributed by atoms with Crippen LogP contribution in [0.5, 0.6) is 0 Å². The third-order valence-corrected chi connectivity index (χ3v) is 5.54. The van der Waals surface area contributed by atoms with Crippen LogP contribution < -0.4 is 10.6 Å². The fourth-order valence-electron chi connectivity index (χ4n) is 2.73. The van der Waals surface area contributed by atoms with Gasteiger partial charge in [-0.15, -0.1) is 0 Å². The molecular weight excluding hydrogens is 288 g/mol. The highest BCUT2D eigenvalue weighted by atomic mass is 32.2. The van der Waals surface area contributed by atoms with Crippen molar-refractivity contribution in [1.82, 2.24) is 10.6 Å². The number of nitrogens with one attached hydrogen (secondary N) is 2. The molecule has 0 atom stereocenters. The smallest absolute Gasteiger partial charge is 0.314 e. The first kappa shape index (κ1) is 18.1. The first-order valence-corrected chi connectivity index (χ1v) is 9.09. The highest BCUT2D eigenvalue weighted by Gasteiger charge is 2.33. The molecule has 0 aromatic rings. The van der Waals surface area contributed by atoms with E-state index in [9.17, 15) is 9.59 Å². The predicted octanol–water partition coefficient (Wildman–Crippen LogP) is 3.00. The summed E-state index contributed by atoms with van der Waals surface area (Å²) in [6, 6.07) is -0.0825. The van der Waals surface area contributed by atoms with Crippen LogP contribution in [0, 0.1) is 0 Å². The van der Waals surface area contributed by atoms with E-state index in [0.29, 0.717) is 6.54 Å². The van der Waals surface area contributed by atoms with Gasteiger partial charge in [-0.3, -0.25) is 4.79 Å². The summed E-state index contributed by atoms with van der Waals surface area (Å²) < 4.78 is 0.244. The third-order valence-electron chi connectivity index (χ3n) is 4.12. The number of urea groups is 1. The van der Waals surface area contributed by atoms with Crippen molar-refractivity contribution in [1.29, 1.82) is 0 Å². The molecule has 0 aliphatic heterocycles. The van der Waals surface area contributed by atoms with Crippen LogP contribution in [-0.2, 0) is 4.79 Å². The van der Waals surface area contributed by atoms with Gasteiger partial charge in [0.2, 0.25) is 0 Å². The Morgan fingerprint density at radius 1 is 1.10 bits per heavy atom. The standard InChI is InChI=1S/C15H28N2O3S/c1-21-15(9-5-6-10-15)12-17-14(20)16-11-7-3-2-4-8-13(18)19/h2-12H2,1H3,(H,18,19)(H2,16,17,20). The maximum atomic E-state index is 11.7. The van der Waals surface area contributed by atoms with Gasteiger partial charge in [-0.2, -0.15) is 11.8 Å². The number of thioether (sulfide) groups is 1. The third kappa shape index (κ3) is 7.60. The summed E-state index contributed by atoms with van der Waals surface area (Å²) in [5.41, 5.74) is 0. The maximum absolute atomic E-state index is 11.7. The van der Waals surface area contributed by atoms with E-state index < -0.39 is 5.97 Å². The number of aliphatic carboxylic acids is 1. The van der Waals surface area contributed by atoms with Gasteiger partial charge >= 0.3 is 12.0 Å². The average Bonchev–Trinajstić information content (AvgIpc) is 2.93. The molecule has 1 aliphatic carbocycles. The van der Waals surface area contributed by atoms with Gasteiger partial charge in [0.1, 0.15) is 0 Å². The van der Waals surface area contributed by atoms with Crippen molar-refractivity contribution in [2.24, 2.45) is 0 Å². The van der Waals surface area contributed by atoms with Gasteiger partial charge in [-0.05, 0) is 31.9 Å². The predicted molar refractivity (Wildman–Crippen MR) is 86.8 cm³/mol. The average molecular weight is 316 g/mol. The molecule has 6 heteroatoms. The van der Waals surface area contributed by atoms with Crippen LogP contribution in [0.2, 0.25) is 0 Å². The van der Waals surface area contributed by atoms with E-state index in [1.807, 2.05) is 11.8 Å². The topological polar surface area (TPSA) is 78.4 Å². The summed E-state index contributed by atoms with van der Waals surface area (Å²) in [5.74, 6) is -0.734. The van der Waals surface area contributed by atoms with Crippen LogP contribution in [0.15, 0.2) is 0 Å². The van der Waals surface area contributed by atoms with Crippen molar-refractivity contribution in [2.75, 3.05) is 19.3 Å². The molecule has 21 heavy (non-hydrogen) atoms. The van der Waals surface area contributed by atoms with Crippen molar-refractivity contribution in [3.05, 3.63) is 0 Å². The highest BCUT2D eigenvalue weighted by molar-refractivity contribution is 8.00. The zero-order chi connectivity index (χ0) is 15.6. The molecule has 0 aromatic carbocycles. The van der Waals surface area contributed by atoms with E-state index in [0.717, 1.165) is 32.2 Å². The zero-order valence-corrected chi connectivity index (χ0v) is 13.8. The Morgan fingerprint density at radius 3 is 2.38 bits per heavy atom. The molecule has 0 aromatic heterocycles. The number of hydrogen-bond donors (Lipinski definition) is 3. The number of carboxylic acid groups (broad SMARTS) is 1. The number of hydrogen-bond acceptors (Lipinski definition) is 3. The molecule has 1 saturated carbocycles. The van der Waals surface area contributed by atoms with E-state index in [-0.39, 0.29) is 17.2 Å². The Balaban J connectivity index is 2.00. The minimum absolute atomic E-state index is 0.0825. The first-order valence-electron chi connectivity index (χ1n) is 7.87. The monoisotopic (exact) mass is 316 g/mol. The van der Waals surface area contributed by atoms with Crippen molar-refractivity contribution in [2.45, 2.75) is 62.5 Å². The highest BCUT2D eigenvalue weighted by Crippen LogP contribution is 2.39. The maximum Gasteiger partial charge on any atom is 0.314 e. The Labute approximate surface area is 131 Å². The van der Waals surface area contributed by atoms with Crippen molar-refractivity contribution in [3.8, 4) is 0 Å². The molecule has 0 bridgehead atoms. The molecule has 0 heterocycles. The number of unbranched alkanes of at least 4 members (excludes halogenated alkanes) is 3. The molecule has 0 saturated heterocycles. The zero-order valence-electron chi connectivity index (χ0n) is 13.0. The van der Waals surface area contributed by atoms with E-state index in [1.165, 1.54) is 25.7 Å². The van der Waals surface area contributed by atoms with Crippen LogP contribution in [0.3, 0.4) is 0 Å². The molecule has 0 radical (unpaired) electrons. The number of carboxylic acids is 1. The molecule has 122 valence electrons. The first-order chi connectivity index (χ1) is 10.1. The lowest BCUT2D eigenvalue weighted by Gasteiger charge is -2.26. The molecule has 5 nitrogen and oxygen atoms in total. The summed E-state index contributed by atoms with van der Waals surface area (Å²) in [4.78, 5) is 22.1. The quantitative estimate of drug-likeness (QED) is 0.541. The van der Waals surface area contributed by atoms with Gasteiger partial charge in [0, 0.05) is 24.3 Å². The van der Waals surface area contributed by atoms with Crippen LogP contribution in [0.1, 0.15) is 57.8 Å². The number of rotatable bonds is 10. The summed E-state index contributed by atoms with van der Waals surface area (Å²) in [7, 11) is 0. The molecular formula is C15H28N2O3S. The summed E-state index contributed by atoms with van der Waals surface area (Å²) in [6.45, 7) is 1.41. The van der Waals surface area contributed by atoms with Crippen molar-refractivity contribution < 1.29 is 14.7 Å². The second kappa shape index (κ2) is 9.92. The minimum atomic E-state index is -0.734. The van der Waals surface area contributed by atoms with Gasteiger partial charge in [0.15, 0.2) is 0 Å². The largest absolute Gasteiger partial charge is 0.481 e. The fraction of sp³-hybridized carbons (Fsp3) is 0.867. The summed E-state index contributed by atoms with van der Waals surface area (Å²) in [6.07, 6.45) is 10.8. The van der Waals surface area contributed by atoms with Gasteiger partial charge < -0.3 is 15.7 Å². The van der Waals surface area contributed by atoms with Crippen molar-refractivity contribution >= 4 is 23.8 Å². The SMILES string of the molecule is CSC1(CNC(=O)NCCCCCCC(=O)O)CCCC1. The second-order valence-corrected chi connectivity index (χ2v) is 7.04. The second-order valence-electron chi connectivity index (χ2n) is 5.76. The van der Waals surface area contributed by atoms with Crippen molar-refractivity contribution in [3.63, 3.8) is 0 Å². The molecule has 1 fully saturated rings. The van der Waals surface area contributed by atoms with E-state index in [2.05, 4.69) is 16.9 Å².